The third-order valence-corrected chi connectivity index (χ3v) is 9.19. The van der Waals surface area contributed by atoms with Gasteiger partial charge in [0.05, 0.1) is 6.04 Å². The molecule has 2 aromatic carbocycles. The summed E-state index contributed by atoms with van der Waals surface area (Å²) in [6.45, 7) is 5.84. The molecule has 1 aliphatic heterocycles. The van der Waals surface area contributed by atoms with Crippen LogP contribution in [-0.4, -0.2) is 94.9 Å². The van der Waals surface area contributed by atoms with Gasteiger partial charge in [-0.2, -0.15) is 0 Å². The zero-order valence-corrected chi connectivity index (χ0v) is 30.4. The molecule has 0 saturated carbocycles. The number of nitrogens with zero attached hydrogens (tertiary/aromatic N) is 1. The van der Waals surface area contributed by atoms with Crippen molar-refractivity contribution in [3.63, 3.8) is 0 Å². The number of unbranched alkanes of at least 4 members (excludes halogenated alkanes) is 1. The van der Waals surface area contributed by atoms with Crippen molar-refractivity contribution in [1.29, 1.82) is 0 Å². The maximum absolute atomic E-state index is 13.9. The molecule has 0 unspecified atom stereocenters. The Morgan fingerprint density at radius 2 is 1.29 bits per heavy atom. The second-order valence-electron chi connectivity index (χ2n) is 14.1. The molecule has 52 heavy (non-hydrogen) atoms. The van der Waals surface area contributed by atoms with Gasteiger partial charge in [-0.1, -0.05) is 74.5 Å². The van der Waals surface area contributed by atoms with E-state index in [1.54, 1.807) is 0 Å². The van der Waals surface area contributed by atoms with Crippen molar-refractivity contribution in [2.75, 3.05) is 19.6 Å². The summed E-state index contributed by atoms with van der Waals surface area (Å²) in [7, 11) is 0. The van der Waals surface area contributed by atoms with E-state index in [1.165, 1.54) is 11.8 Å². The Hall–Kier alpha value is -4.82. The smallest absolute Gasteiger partial charge is 0.323 e. The Kier molecular flexibility index (Phi) is 16.2. The number of nitrogens with one attached hydrogen (secondary N) is 4. The highest BCUT2D eigenvalue weighted by Gasteiger charge is 2.40. The Bertz CT molecular complexity index is 1500. The van der Waals surface area contributed by atoms with E-state index in [0.717, 1.165) is 11.1 Å². The van der Waals surface area contributed by atoms with Crippen molar-refractivity contribution in [3.8, 4) is 0 Å². The number of carbonyl (C=O) groups is 6. The third kappa shape index (κ3) is 13.4. The summed E-state index contributed by atoms with van der Waals surface area (Å²) < 4.78 is 0. The fraction of sp³-hybridized carbons (Fsp3) is 0.526. The van der Waals surface area contributed by atoms with Gasteiger partial charge in [0.2, 0.25) is 29.5 Å². The van der Waals surface area contributed by atoms with E-state index in [2.05, 4.69) is 21.3 Å². The molecular weight excluding hydrogens is 666 g/mol. The van der Waals surface area contributed by atoms with Crippen molar-refractivity contribution in [2.45, 2.75) is 102 Å². The number of benzene rings is 2. The number of carboxylic acid groups (broad SMARTS) is 1. The van der Waals surface area contributed by atoms with Crippen LogP contribution in [0.2, 0.25) is 0 Å². The van der Waals surface area contributed by atoms with Gasteiger partial charge in [0, 0.05) is 33.0 Å². The summed E-state index contributed by atoms with van der Waals surface area (Å²) in [6.07, 6.45) is 2.10. The first-order chi connectivity index (χ1) is 24.7. The monoisotopic (exact) mass is 721 g/mol. The summed E-state index contributed by atoms with van der Waals surface area (Å²) in [4.78, 5) is 79.4. The number of nitrogens with two attached hydrogens (primary N) is 2. The lowest BCUT2D eigenvalue weighted by molar-refractivity contribution is -0.148. The Labute approximate surface area is 305 Å². The van der Waals surface area contributed by atoms with Gasteiger partial charge in [0.1, 0.15) is 23.7 Å². The average Bonchev–Trinajstić information content (AvgIpc) is 3.10. The molecular formula is C38H55N7O7. The molecule has 1 fully saturated rings. The second-order valence-corrected chi connectivity index (χ2v) is 14.1. The summed E-state index contributed by atoms with van der Waals surface area (Å²) in [5.74, 6) is -3.37. The first-order valence-corrected chi connectivity index (χ1v) is 18.0. The first kappa shape index (κ1) is 41.6. The predicted molar refractivity (Wildman–Crippen MR) is 196 cm³/mol. The lowest BCUT2D eigenvalue weighted by Crippen LogP contribution is -2.60. The Morgan fingerprint density at radius 3 is 1.83 bits per heavy atom. The molecule has 9 N–H and O–H groups in total. The van der Waals surface area contributed by atoms with Gasteiger partial charge in [0.15, 0.2) is 0 Å². The number of likely N-dealkylation sites (tertiary alicyclic amines) is 1. The van der Waals surface area contributed by atoms with E-state index in [9.17, 15) is 33.9 Å². The minimum absolute atomic E-state index is 0.0277. The lowest BCUT2D eigenvalue weighted by atomic mass is 9.88. The van der Waals surface area contributed by atoms with Gasteiger partial charge < -0.3 is 42.7 Å². The van der Waals surface area contributed by atoms with E-state index in [0.29, 0.717) is 19.4 Å². The summed E-state index contributed by atoms with van der Waals surface area (Å²) in [5, 5.41) is 20.7. The van der Waals surface area contributed by atoms with Crippen molar-refractivity contribution in [1.82, 2.24) is 26.2 Å². The molecule has 4 atom stereocenters. The largest absolute Gasteiger partial charge is 0.480 e. The van der Waals surface area contributed by atoms with Gasteiger partial charge in [-0.25, -0.2) is 0 Å². The molecule has 5 amide bonds. The first-order valence-electron chi connectivity index (χ1n) is 18.0. The third-order valence-electron chi connectivity index (χ3n) is 9.19. The normalized spacial score (nSPS) is 16.2. The van der Waals surface area contributed by atoms with Gasteiger partial charge >= 0.3 is 5.97 Å². The van der Waals surface area contributed by atoms with Crippen LogP contribution in [0.5, 0.6) is 0 Å². The highest BCUT2D eigenvalue weighted by atomic mass is 16.4. The van der Waals surface area contributed by atoms with E-state index in [1.807, 2.05) is 74.5 Å². The molecule has 1 aliphatic rings. The Morgan fingerprint density at radius 1 is 0.769 bits per heavy atom. The van der Waals surface area contributed by atoms with Gasteiger partial charge in [-0.05, 0) is 62.0 Å². The number of amides is 5. The highest BCUT2D eigenvalue weighted by Crippen LogP contribution is 2.21. The number of hydrogen-bond acceptors (Lipinski definition) is 8. The molecule has 1 heterocycles. The van der Waals surface area contributed by atoms with E-state index < -0.39 is 53.4 Å². The minimum atomic E-state index is -1.43. The second kappa shape index (κ2) is 20.3. The zero-order chi connectivity index (χ0) is 38.3. The van der Waals surface area contributed by atoms with Gasteiger partial charge in [0.25, 0.3) is 0 Å². The number of piperidine rings is 1. The number of aliphatic carboxylic acids is 1. The van der Waals surface area contributed by atoms with Crippen molar-refractivity contribution in [2.24, 2.45) is 17.4 Å². The Balaban J connectivity index is 1.78. The standard InChI is InChI=1S/C38H55N7O7/c1-25(2)22-31(34(48)42-30(16-10-11-19-41-26(3)46)36(50)45-20-17-38(40,18-21-45)37(51)52)44-35(49)32(24-28-14-8-5-9-15-28)43-33(47)29(39)23-27-12-6-4-7-13-27/h4-9,12-15,25,29-32H,10-11,16-24,39-40H2,1-3H3,(H,41,46)(H,42,48)(H,43,47)(H,44,49)(H,51,52)/t29-,30-,31-,32+/m1/s1. The molecule has 1 saturated heterocycles. The molecule has 0 bridgehead atoms. The summed E-state index contributed by atoms with van der Waals surface area (Å²) in [5.41, 5.74) is 12.5. The van der Waals surface area contributed by atoms with Crippen LogP contribution in [0.25, 0.3) is 0 Å². The van der Waals surface area contributed by atoms with Crippen LogP contribution in [0, 0.1) is 5.92 Å². The van der Waals surface area contributed by atoms with Crippen molar-refractivity contribution >= 4 is 35.5 Å². The topological polar surface area (TPSA) is 226 Å². The fourth-order valence-electron chi connectivity index (χ4n) is 6.10. The van der Waals surface area contributed by atoms with Crippen LogP contribution in [0.15, 0.2) is 60.7 Å². The van der Waals surface area contributed by atoms with Crippen LogP contribution in [0.4, 0.5) is 0 Å². The van der Waals surface area contributed by atoms with Gasteiger partial charge in [-0.3, -0.25) is 28.8 Å². The van der Waals surface area contributed by atoms with Crippen molar-refractivity contribution in [3.05, 3.63) is 71.8 Å². The van der Waals surface area contributed by atoms with Crippen LogP contribution in [0.3, 0.4) is 0 Å². The quantitative estimate of drug-likeness (QED) is 0.103. The van der Waals surface area contributed by atoms with Crippen LogP contribution in [-0.2, 0) is 41.6 Å². The summed E-state index contributed by atoms with van der Waals surface area (Å²) >= 11 is 0. The molecule has 2 aromatic rings. The molecule has 14 nitrogen and oxygen atoms in total. The molecule has 0 aromatic heterocycles. The van der Waals surface area contributed by atoms with Crippen molar-refractivity contribution < 1.29 is 33.9 Å². The van der Waals surface area contributed by atoms with E-state index >= 15 is 0 Å². The maximum Gasteiger partial charge on any atom is 0.323 e. The minimum Gasteiger partial charge on any atom is -0.480 e. The summed E-state index contributed by atoms with van der Waals surface area (Å²) in [6, 6.07) is 14.5. The number of carbonyl (C=O) groups excluding carboxylic acids is 5. The predicted octanol–water partition coefficient (Wildman–Crippen LogP) is 1.01. The maximum atomic E-state index is 13.9. The number of rotatable bonds is 19. The SMILES string of the molecule is CC(=O)NCCCC[C@@H](NC(=O)[C@@H](CC(C)C)NC(=O)[C@H](Cc1ccccc1)NC(=O)[C@H](N)Cc1ccccc1)C(=O)N1CCC(N)(C(=O)O)CC1. The average molecular weight is 722 g/mol. The molecule has 0 radical (unpaired) electrons. The molecule has 0 spiro atoms. The molecule has 3 rings (SSSR count). The molecule has 284 valence electrons. The number of carboxylic acids is 1. The molecule has 14 heteroatoms. The fourth-order valence-corrected chi connectivity index (χ4v) is 6.10. The van der Waals surface area contributed by atoms with E-state index in [4.69, 9.17) is 11.5 Å². The lowest BCUT2D eigenvalue weighted by Gasteiger charge is -2.38. The van der Waals surface area contributed by atoms with Crippen LogP contribution < -0.4 is 32.7 Å². The van der Waals surface area contributed by atoms with Gasteiger partial charge in [-0.15, -0.1) is 0 Å². The number of hydrogen-bond donors (Lipinski definition) is 7. The van der Waals surface area contributed by atoms with E-state index in [-0.39, 0.29) is 69.3 Å². The zero-order valence-electron chi connectivity index (χ0n) is 30.4. The van der Waals surface area contributed by atoms with Crippen LogP contribution >= 0.6 is 0 Å². The molecule has 0 aliphatic carbocycles. The highest BCUT2D eigenvalue weighted by molar-refractivity contribution is 5.95. The van der Waals surface area contributed by atoms with Crippen LogP contribution in [0.1, 0.15) is 70.4 Å².